The van der Waals surface area contributed by atoms with Crippen LogP contribution in [0, 0.1) is 0 Å². The molecule has 1 aromatic carbocycles. The first-order valence-electron chi connectivity index (χ1n) is 4.98. The van der Waals surface area contributed by atoms with Crippen LogP contribution in [0.3, 0.4) is 0 Å². The van der Waals surface area contributed by atoms with E-state index in [2.05, 4.69) is 10.1 Å². The van der Waals surface area contributed by atoms with Crippen molar-refractivity contribution in [3.05, 3.63) is 29.3 Å². The predicted molar refractivity (Wildman–Crippen MR) is 70.4 cm³/mol. The lowest BCUT2D eigenvalue weighted by molar-refractivity contribution is -0.126. The maximum absolute atomic E-state index is 11.2. The van der Waals surface area contributed by atoms with Gasteiger partial charge in [0.2, 0.25) is 0 Å². The number of halogens is 1. The zero-order valence-corrected chi connectivity index (χ0v) is 11.8. The Morgan fingerprint density at radius 1 is 1.28 bits per heavy atom. The second-order valence-electron chi connectivity index (χ2n) is 3.64. The van der Waals surface area contributed by atoms with E-state index in [-0.39, 0.29) is 12.4 Å². The van der Waals surface area contributed by atoms with Crippen LogP contribution in [0.2, 0.25) is 0 Å². The first-order valence-corrected chi connectivity index (χ1v) is 6.87. The summed E-state index contributed by atoms with van der Waals surface area (Å²) in [5.41, 5.74) is 2.30. The minimum atomic E-state index is -3.05. The normalized spacial score (nSPS) is 12.6. The molecule has 5 nitrogen and oxygen atoms in total. The topological polar surface area (TPSA) is 72.5 Å². The number of hydrogen-bond donors (Lipinski definition) is 1. The number of methoxy groups -OCH3 is 1. The zero-order chi connectivity index (χ0) is 12.9. The summed E-state index contributed by atoms with van der Waals surface area (Å²) in [5, 5.41) is 3.17. The molecule has 1 N–H and O–H groups in total. The van der Waals surface area contributed by atoms with E-state index in [9.17, 15) is 8.42 Å². The van der Waals surface area contributed by atoms with Crippen LogP contribution in [-0.4, -0.2) is 28.3 Å². The molecular weight excluding hydrogens is 278 g/mol. The molecule has 1 aliphatic rings. The summed E-state index contributed by atoms with van der Waals surface area (Å²) in [6, 6.07) is 5.30. The fourth-order valence-corrected chi connectivity index (χ4v) is 2.17. The molecule has 0 aliphatic carbocycles. The molecule has 1 aliphatic heterocycles. The molecule has 0 bridgehead atoms. The molecule has 0 amide bonds. The third kappa shape index (κ3) is 4.64. The van der Waals surface area contributed by atoms with Crippen LogP contribution in [0.5, 0.6) is 0 Å². The average Bonchev–Trinajstić information content (AvgIpc) is 2.75. The van der Waals surface area contributed by atoms with Gasteiger partial charge in [0.05, 0.1) is 12.0 Å². The van der Waals surface area contributed by atoms with E-state index in [1.165, 1.54) is 18.9 Å². The Morgan fingerprint density at radius 2 is 1.83 bits per heavy atom. The van der Waals surface area contributed by atoms with Gasteiger partial charge in [-0.15, -0.1) is 12.4 Å². The van der Waals surface area contributed by atoms with Crippen molar-refractivity contribution in [3.8, 4) is 0 Å². The third-order valence-corrected chi connectivity index (χ3v) is 3.44. The number of hydrogen-bond acceptors (Lipinski definition) is 5. The first-order chi connectivity index (χ1) is 7.99. The number of ether oxygens (including phenoxy) is 1. The Hall–Kier alpha value is -1.11. The molecule has 0 spiro atoms. The SMILES string of the molecule is COC=O.CS(=O)(=O)c1ccc2c(c1)CNC2.Cl. The standard InChI is InChI=1S/C9H11NO2S.C2H4O2.ClH/c1-13(11,12)9-3-2-7-5-10-6-8(7)4-9;1-4-2-3;/h2-4,10H,5-6H2,1H3;2H,1H3;1H. The molecule has 102 valence electrons. The summed E-state index contributed by atoms with van der Waals surface area (Å²) in [5.74, 6) is 0. The molecule has 0 fully saturated rings. The Kier molecular flexibility index (Phi) is 6.90. The van der Waals surface area contributed by atoms with Gasteiger partial charge >= 0.3 is 0 Å². The second kappa shape index (κ2) is 7.35. The van der Waals surface area contributed by atoms with E-state index in [1.807, 2.05) is 6.07 Å². The van der Waals surface area contributed by atoms with E-state index >= 15 is 0 Å². The summed E-state index contributed by atoms with van der Waals surface area (Å²) in [4.78, 5) is 9.36. The van der Waals surface area contributed by atoms with Crippen molar-refractivity contribution in [2.45, 2.75) is 18.0 Å². The minimum absolute atomic E-state index is 0. The van der Waals surface area contributed by atoms with Crippen LogP contribution in [0.15, 0.2) is 23.1 Å². The molecule has 0 saturated heterocycles. The molecule has 0 radical (unpaired) electrons. The monoisotopic (exact) mass is 293 g/mol. The van der Waals surface area contributed by atoms with Crippen LogP contribution in [0.1, 0.15) is 11.1 Å². The lowest BCUT2D eigenvalue weighted by Gasteiger charge is -2.01. The van der Waals surface area contributed by atoms with E-state index in [0.29, 0.717) is 11.4 Å². The van der Waals surface area contributed by atoms with Crippen LogP contribution in [0.4, 0.5) is 0 Å². The van der Waals surface area contributed by atoms with Gasteiger partial charge in [0.15, 0.2) is 9.84 Å². The summed E-state index contributed by atoms with van der Waals surface area (Å²) < 4.78 is 26.3. The zero-order valence-electron chi connectivity index (χ0n) is 10.2. The lowest BCUT2D eigenvalue weighted by Crippen LogP contribution is -2.00. The number of nitrogens with one attached hydrogen (secondary N) is 1. The molecule has 0 saturated carbocycles. The van der Waals surface area contributed by atoms with E-state index in [1.54, 1.807) is 12.1 Å². The number of sulfone groups is 1. The van der Waals surface area contributed by atoms with E-state index in [0.717, 1.165) is 18.7 Å². The Morgan fingerprint density at radius 3 is 2.33 bits per heavy atom. The molecule has 1 heterocycles. The lowest BCUT2D eigenvalue weighted by atomic mass is 10.1. The van der Waals surface area contributed by atoms with Crippen molar-refractivity contribution in [1.29, 1.82) is 0 Å². The molecule has 0 aromatic heterocycles. The van der Waals surface area contributed by atoms with Crippen LogP contribution in [0.25, 0.3) is 0 Å². The average molecular weight is 294 g/mol. The maximum atomic E-state index is 11.2. The van der Waals surface area contributed by atoms with E-state index in [4.69, 9.17) is 4.79 Å². The van der Waals surface area contributed by atoms with Crippen molar-refractivity contribution in [2.75, 3.05) is 13.4 Å². The van der Waals surface area contributed by atoms with Crippen molar-refractivity contribution in [2.24, 2.45) is 0 Å². The number of fused-ring (bicyclic) bond motifs is 1. The molecule has 7 heteroatoms. The number of carbonyl (C=O) groups is 1. The second-order valence-corrected chi connectivity index (χ2v) is 5.65. The molecule has 0 unspecified atom stereocenters. The Labute approximate surface area is 113 Å². The fraction of sp³-hybridized carbons (Fsp3) is 0.364. The Balaban J connectivity index is 0.000000512. The summed E-state index contributed by atoms with van der Waals surface area (Å²) >= 11 is 0. The quantitative estimate of drug-likeness (QED) is 0.821. The summed E-state index contributed by atoms with van der Waals surface area (Å²) in [6.45, 7) is 2.00. The van der Waals surface area contributed by atoms with Gasteiger partial charge in [-0.25, -0.2) is 8.42 Å². The highest BCUT2D eigenvalue weighted by Gasteiger charge is 2.13. The van der Waals surface area contributed by atoms with Crippen LogP contribution in [-0.2, 0) is 32.5 Å². The number of benzene rings is 1. The van der Waals surface area contributed by atoms with Crippen molar-refractivity contribution in [1.82, 2.24) is 5.32 Å². The molecule has 0 atom stereocenters. The van der Waals surface area contributed by atoms with Gasteiger partial charge in [-0.1, -0.05) is 6.07 Å². The third-order valence-electron chi connectivity index (χ3n) is 2.33. The summed E-state index contributed by atoms with van der Waals surface area (Å²) in [7, 11) is -1.74. The highest BCUT2D eigenvalue weighted by atomic mass is 35.5. The van der Waals surface area contributed by atoms with E-state index < -0.39 is 9.84 Å². The number of rotatable bonds is 2. The molecule has 18 heavy (non-hydrogen) atoms. The fourth-order valence-electron chi connectivity index (χ4n) is 1.50. The first kappa shape index (κ1) is 16.9. The smallest absolute Gasteiger partial charge is 0.292 e. The van der Waals surface area contributed by atoms with Crippen LogP contribution < -0.4 is 5.32 Å². The highest BCUT2D eigenvalue weighted by Crippen LogP contribution is 2.19. The van der Waals surface area contributed by atoms with Gasteiger partial charge in [0.1, 0.15) is 0 Å². The predicted octanol–water partition coefficient (Wildman–Crippen LogP) is 0.904. The van der Waals surface area contributed by atoms with Gasteiger partial charge in [-0.3, -0.25) is 4.79 Å². The largest absolute Gasteiger partial charge is 0.471 e. The van der Waals surface area contributed by atoms with Crippen molar-refractivity contribution in [3.63, 3.8) is 0 Å². The van der Waals surface area contributed by atoms with Gasteiger partial charge < -0.3 is 10.1 Å². The molecule has 2 rings (SSSR count). The number of carbonyl (C=O) groups excluding carboxylic acids is 1. The van der Waals surface area contributed by atoms with Gasteiger partial charge in [-0.2, -0.15) is 0 Å². The molecular formula is C11H16ClNO4S. The van der Waals surface area contributed by atoms with Gasteiger partial charge in [0, 0.05) is 19.3 Å². The van der Waals surface area contributed by atoms with Crippen LogP contribution >= 0.6 is 12.4 Å². The maximum Gasteiger partial charge on any atom is 0.292 e. The molecule has 1 aromatic rings. The van der Waals surface area contributed by atoms with Gasteiger partial charge in [0.25, 0.3) is 6.47 Å². The Bertz CT molecular complexity index is 502. The minimum Gasteiger partial charge on any atom is -0.471 e. The van der Waals surface area contributed by atoms with Crippen molar-refractivity contribution < 1.29 is 17.9 Å². The van der Waals surface area contributed by atoms with Gasteiger partial charge in [-0.05, 0) is 23.3 Å². The van der Waals surface area contributed by atoms with Crippen molar-refractivity contribution >= 4 is 28.7 Å². The summed E-state index contributed by atoms with van der Waals surface area (Å²) in [6.07, 6.45) is 1.23. The highest BCUT2D eigenvalue weighted by molar-refractivity contribution is 7.90.